The summed E-state index contributed by atoms with van der Waals surface area (Å²) in [5, 5.41) is 3.92. The second kappa shape index (κ2) is 6.13. The zero-order valence-corrected chi connectivity index (χ0v) is 11.9. The molecule has 112 valence electrons. The van der Waals surface area contributed by atoms with E-state index in [0.29, 0.717) is 23.3 Å². The molecule has 2 N–H and O–H groups in total. The van der Waals surface area contributed by atoms with Crippen LogP contribution in [0, 0.1) is 0 Å². The molecule has 7 nitrogen and oxygen atoms in total. The van der Waals surface area contributed by atoms with Gasteiger partial charge in [-0.15, -0.1) is 0 Å². The van der Waals surface area contributed by atoms with Crippen LogP contribution >= 0.6 is 0 Å². The van der Waals surface area contributed by atoms with Crippen molar-refractivity contribution in [2.75, 3.05) is 12.8 Å². The summed E-state index contributed by atoms with van der Waals surface area (Å²) in [5.41, 5.74) is 6.52. The van der Waals surface area contributed by atoms with Crippen molar-refractivity contribution in [3.63, 3.8) is 0 Å². The molecule has 0 atom stereocenters. The number of hydrogen-bond donors (Lipinski definition) is 1. The Bertz CT molecular complexity index is 755. The molecule has 0 spiro atoms. The first-order chi connectivity index (χ1) is 10.8. The molecule has 0 aliphatic rings. The first-order valence-corrected chi connectivity index (χ1v) is 6.56. The molecule has 0 saturated heterocycles. The number of anilines is 1. The van der Waals surface area contributed by atoms with Gasteiger partial charge in [0.1, 0.15) is 5.75 Å². The Morgan fingerprint density at radius 3 is 2.73 bits per heavy atom. The van der Waals surface area contributed by atoms with Crippen LogP contribution in [0.1, 0.15) is 5.89 Å². The van der Waals surface area contributed by atoms with E-state index < -0.39 is 0 Å². The fourth-order valence-electron chi connectivity index (χ4n) is 1.84. The summed E-state index contributed by atoms with van der Waals surface area (Å²) in [6.07, 6.45) is 1.59. The molecule has 0 unspecified atom stereocenters. The van der Waals surface area contributed by atoms with Gasteiger partial charge in [-0.25, -0.2) is 4.98 Å². The van der Waals surface area contributed by atoms with Crippen molar-refractivity contribution in [3.05, 3.63) is 48.5 Å². The number of pyridine rings is 1. The van der Waals surface area contributed by atoms with E-state index in [2.05, 4.69) is 15.1 Å². The van der Waals surface area contributed by atoms with Crippen molar-refractivity contribution in [2.24, 2.45) is 0 Å². The number of benzene rings is 1. The Morgan fingerprint density at radius 2 is 2.00 bits per heavy atom. The number of hydrogen-bond acceptors (Lipinski definition) is 7. The normalized spacial score (nSPS) is 10.4. The highest BCUT2D eigenvalue weighted by atomic mass is 16.5. The van der Waals surface area contributed by atoms with Crippen molar-refractivity contribution in [1.82, 2.24) is 15.1 Å². The molecule has 2 aromatic heterocycles. The number of ether oxygens (including phenoxy) is 2. The number of nitrogens with zero attached hydrogens (tertiary/aromatic N) is 3. The molecule has 7 heteroatoms. The Kier molecular flexibility index (Phi) is 3.86. The predicted molar refractivity (Wildman–Crippen MR) is 79.3 cm³/mol. The molecular formula is C15H14N4O3. The van der Waals surface area contributed by atoms with E-state index in [0.717, 1.165) is 11.3 Å². The van der Waals surface area contributed by atoms with Crippen molar-refractivity contribution < 1.29 is 14.0 Å². The number of rotatable bonds is 5. The molecule has 2 heterocycles. The van der Waals surface area contributed by atoms with Crippen LogP contribution in [0.4, 0.5) is 5.82 Å². The third kappa shape index (κ3) is 2.98. The van der Waals surface area contributed by atoms with Crippen LogP contribution in [0.3, 0.4) is 0 Å². The monoisotopic (exact) mass is 298 g/mol. The maximum atomic E-state index is 5.69. The van der Waals surface area contributed by atoms with Crippen molar-refractivity contribution >= 4 is 5.82 Å². The average Bonchev–Trinajstić information content (AvgIpc) is 3.03. The van der Waals surface area contributed by atoms with Gasteiger partial charge < -0.3 is 19.7 Å². The van der Waals surface area contributed by atoms with Gasteiger partial charge in [0.25, 0.3) is 5.89 Å². The molecule has 0 aliphatic heterocycles. The van der Waals surface area contributed by atoms with Gasteiger partial charge in [0.2, 0.25) is 5.82 Å². The van der Waals surface area contributed by atoms with E-state index in [1.807, 2.05) is 24.3 Å². The minimum absolute atomic E-state index is 0.124. The van der Waals surface area contributed by atoms with E-state index in [4.69, 9.17) is 19.7 Å². The average molecular weight is 298 g/mol. The summed E-state index contributed by atoms with van der Waals surface area (Å²) < 4.78 is 15.8. The van der Waals surface area contributed by atoms with Gasteiger partial charge in [0, 0.05) is 11.8 Å². The molecule has 22 heavy (non-hydrogen) atoms. The summed E-state index contributed by atoms with van der Waals surface area (Å²) in [6.45, 7) is 0.124. The lowest BCUT2D eigenvalue weighted by molar-refractivity contribution is 0.243. The zero-order chi connectivity index (χ0) is 15.4. The molecule has 0 aliphatic carbocycles. The summed E-state index contributed by atoms with van der Waals surface area (Å²) in [4.78, 5) is 8.21. The van der Waals surface area contributed by atoms with Gasteiger partial charge in [-0.3, -0.25) is 0 Å². The topological polar surface area (TPSA) is 96.3 Å². The SMILES string of the molecule is COc1ccc(-c2noc(COc3cccnc3N)n2)cc1. The Labute approximate surface area is 126 Å². The third-order valence-corrected chi connectivity index (χ3v) is 2.97. The molecule has 0 amide bonds. The van der Waals surface area contributed by atoms with Gasteiger partial charge in [0.05, 0.1) is 7.11 Å². The third-order valence-electron chi connectivity index (χ3n) is 2.97. The molecule has 0 fully saturated rings. The number of nitrogen functional groups attached to an aromatic ring is 1. The van der Waals surface area contributed by atoms with Gasteiger partial charge in [-0.1, -0.05) is 5.16 Å². The second-order valence-electron chi connectivity index (χ2n) is 4.42. The van der Waals surface area contributed by atoms with E-state index in [1.165, 1.54) is 0 Å². The highest BCUT2D eigenvalue weighted by molar-refractivity contribution is 5.55. The molecule has 1 aromatic carbocycles. The number of nitrogens with two attached hydrogens (primary N) is 1. The number of methoxy groups -OCH3 is 1. The van der Waals surface area contributed by atoms with E-state index in [-0.39, 0.29) is 6.61 Å². The van der Waals surface area contributed by atoms with E-state index in [9.17, 15) is 0 Å². The van der Waals surface area contributed by atoms with Crippen LogP contribution in [0.5, 0.6) is 11.5 Å². The molecule has 3 aromatic rings. The molecular weight excluding hydrogens is 284 g/mol. The molecule has 0 saturated carbocycles. The van der Waals surface area contributed by atoms with E-state index >= 15 is 0 Å². The van der Waals surface area contributed by atoms with Gasteiger partial charge in [-0.2, -0.15) is 4.98 Å². The summed E-state index contributed by atoms with van der Waals surface area (Å²) >= 11 is 0. The lowest BCUT2D eigenvalue weighted by Crippen LogP contribution is -2.00. The minimum Gasteiger partial charge on any atom is -0.497 e. The quantitative estimate of drug-likeness (QED) is 0.772. The smallest absolute Gasteiger partial charge is 0.264 e. The lowest BCUT2D eigenvalue weighted by atomic mass is 10.2. The van der Waals surface area contributed by atoms with Gasteiger partial charge in [0.15, 0.2) is 18.2 Å². The minimum atomic E-state index is 0.124. The zero-order valence-electron chi connectivity index (χ0n) is 11.9. The lowest BCUT2D eigenvalue weighted by Gasteiger charge is -2.04. The first-order valence-electron chi connectivity index (χ1n) is 6.56. The predicted octanol–water partition coefficient (Wildman–Crippen LogP) is 2.30. The van der Waals surface area contributed by atoms with Crippen molar-refractivity contribution in [3.8, 4) is 22.9 Å². The Morgan fingerprint density at radius 1 is 1.18 bits per heavy atom. The second-order valence-corrected chi connectivity index (χ2v) is 4.42. The van der Waals surface area contributed by atoms with Gasteiger partial charge in [-0.05, 0) is 36.4 Å². The molecule has 0 radical (unpaired) electrons. The summed E-state index contributed by atoms with van der Waals surface area (Å²) in [7, 11) is 1.61. The maximum absolute atomic E-state index is 5.69. The maximum Gasteiger partial charge on any atom is 0.264 e. The fourth-order valence-corrected chi connectivity index (χ4v) is 1.84. The molecule has 3 rings (SSSR count). The largest absolute Gasteiger partial charge is 0.497 e. The van der Waals surface area contributed by atoms with E-state index in [1.54, 1.807) is 25.4 Å². The summed E-state index contributed by atoms with van der Waals surface area (Å²) in [6, 6.07) is 10.8. The Hall–Kier alpha value is -3.09. The van der Waals surface area contributed by atoms with Crippen LogP contribution in [0.15, 0.2) is 47.1 Å². The van der Waals surface area contributed by atoms with Crippen molar-refractivity contribution in [1.29, 1.82) is 0 Å². The highest BCUT2D eigenvalue weighted by Crippen LogP contribution is 2.21. The summed E-state index contributed by atoms with van der Waals surface area (Å²) in [5.74, 6) is 2.40. The first kappa shape index (κ1) is 13.9. The standard InChI is InChI=1S/C15H14N4O3/c1-20-11-6-4-10(5-7-11)15-18-13(22-19-15)9-21-12-3-2-8-17-14(12)16/h2-8H,9H2,1H3,(H2,16,17). The Balaban J connectivity index is 1.69. The molecule has 0 bridgehead atoms. The van der Waals surface area contributed by atoms with Crippen LogP contribution in [0.2, 0.25) is 0 Å². The number of aromatic nitrogens is 3. The fraction of sp³-hybridized carbons (Fsp3) is 0.133. The van der Waals surface area contributed by atoms with Crippen LogP contribution < -0.4 is 15.2 Å². The van der Waals surface area contributed by atoms with Crippen molar-refractivity contribution in [2.45, 2.75) is 6.61 Å². The van der Waals surface area contributed by atoms with Gasteiger partial charge >= 0.3 is 0 Å². The highest BCUT2D eigenvalue weighted by Gasteiger charge is 2.10. The van der Waals surface area contributed by atoms with Crippen LogP contribution in [0.25, 0.3) is 11.4 Å². The van der Waals surface area contributed by atoms with Crippen LogP contribution in [-0.2, 0) is 6.61 Å². The van der Waals surface area contributed by atoms with Crippen LogP contribution in [-0.4, -0.2) is 22.2 Å².